The van der Waals surface area contributed by atoms with Crippen molar-refractivity contribution in [2.24, 2.45) is 0 Å². The van der Waals surface area contributed by atoms with Crippen molar-refractivity contribution in [2.45, 2.75) is 46.1 Å². The number of benzene rings is 2. The summed E-state index contributed by atoms with van der Waals surface area (Å²) in [5.41, 5.74) is 4.57. The minimum absolute atomic E-state index is 0.211. The van der Waals surface area contributed by atoms with E-state index in [4.69, 9.17) is 0 Å². The number of nitrogens with zero attached hydrogens (tertiary/aromatic N) is 3. The standard InChI is InChI=1S/C24H28N4O2/c1-4-27(5-2)22-24(30)28(21-12-7-6-11-20(21)26-22)16(3)23(29)25-19-14-13-17-9-8-10-18(17)15-19/h6-7,11-16H,4-5,8-10H2,1-3H3,(H,25,29)/t16-/m1/s1. The lowest BCUT2D eigenvalue weighted by atomic mass is 10.1. The van der Waals surface area contributed by atoms with Crippen molar-refractivity contribution in [1.82, 2.24) is 9.55 Å². The zero-order valence-corrected chi connectivity index (χ0v) is 17.8. The van der Waals surface area contributed by atoms with Crippen LogP contribution in [0.2, 0.25) is 0 Å². The van der Waals surface area contributed by atoms with Crippen molar-refractivity contribution >= 4 is 28.4 Å². The number of hydrogen-bond donors (Lipinski definition) is 1. The van der Waals surface area contributed by atoms with Crippen LogP contribution < -0.4 is 15.8 Å². The molecule has 2 aromatic carbocycles. The molecule has 0 bridgehead atoms. The normalized spacial score (nSPS) is 13.8. The molecule has 3 aromatic rings. The van der Waals surface area contributed by atoms with E-state index in [1.54, 1.807) is 11.5 Å². The van der Waals surface area contributed by atoms with Crippen molar-refractivity contribution < 1.29 is 4.79 Å². The molecule has 0 saturated carbocycles. The van der Waals surface area contributed by atoms with Crippen molar-refractivity contribution in [3.05, 3.63) is 63.9 Å². The number of aryl methyl sites for hydroxylation is 2. The van der Waals surface area contributed by atoms with Gasteiger partial charge in [0.2, 0.25) is 5.91 Å². The first-order valence-corrected chi connectivity index (χ1v) is 10.7. The molecule has 1 atom stereocenters. The Kier molecular flexibility index (Phi) is 5.57. The highest BCUT2D eigenvalue weighted by Crippen LogP contribution is 2.26. The predicted octanol–water partition coefficient (Wildman–Crippen LogP) is 3.93. The molecular weight excluding hydrogens is 376 g/mol. The van der Waals surface area contributed by atoms with E-state index in [1.165, 1.54) is 11.1 Å². The lowest BCUT2D eigenvalue weighted by Gasteiger charge is -2.23. The molecule has 6 nitrogen and oxygen atoms in total. The van der Waals surface area contributed by atoms with E-state index in [2.05, 4.69) is 22.4 Å². The molecule has 1 aliphatic carbocycles. The van der Waals surface area contributed by atoms with Gasteiger partial charge in [-0.1, -0.05) is 18.2 Å². The predicted molar refractivity (Wildman–Crippen MR) is 121 cm³/mol. The van der Waals surface area contributed by atoms with Gasteiger partial charge in [-0.3, -0.25) is 14.2 Å². The van der Waals surface area contributed by atoms with Gasteiger partial charge >= 0.3 is 0 Å². The van der Waals surface area contributed by atoms with Gasteiger partial charge in [-0.2, -0.15) is 0 Å². The maximum atomic E-state index is 13.4. The molecule has 0 aliphatic heterocycles. The van der Waals surface area contributed by atoms with Gasteiger partial charge in [0.05, 0.1) is 11.0 Å². The van der Waals surface area contributed by atoms with E-state index < -0.39 is 6.04 Å². The zero-order chi connectivity index (χ0) is 21.3. The van der Waals surface area contributed by atoms with Gasteiger partial charge in [-0.05, 0) is 75.4 Å². The molecule has 1 aromatic heterocycles. The molecule has 1 heterocycles. The Bertz CT molecular complexity index is 1150. The average Bonchev–Trinajstić information content (AvgIpc) is 3.22. The second-order valence-corrected chi connectivity index (χ2v) is 7.77. The van der Waals surface area contributed by atoms with Gasteiger partial charge in [-0.15, -0.1) is 0 Å². The Labute approximate surface area is 176 Å². The first-order chi connectivity index (χ1) is 14.5. The van der Waals surface area contributed by atoms with Crippen LogP contribution in [-0.2, 0) is 17.6 Å². The van der Waals surface area contributed by atoms with Gasteiger partial charge in [0.1, 0.15) is 6.04 Å². The quantitative estimate of drug-likeness (QED) is 0.676. The monoisotopic (exact) mass is 404 g/mol. The third-order valence-electron chi connectivity index (χ3n) is 5.97. The van der Waals surface area contributed by atoms with Gasteiger partial charge < -0.3 is 10.2 Å². The van der Waals surface area contributed by atoms with Crippen LogP contribution in [0.15, 0.2) is 47.3 Å². The second kappa shape index (κ2) is 8.30. The van der Waals surface area contributed by atoms with Crippen molar-refractivity contribution in [2.75, 3.05) is 23.3 Å². The summed E-state index contributed by atoms with van der Waals surface area (Å²) in [6.07, 6.45) is 3.32. The van der Waals surface area contributed by atoms with Gasteiger partial charge in [-0.25, -0.2) is 4.98 Å². The van der Waals surface area contributed by atoms with Crippen LogP contribution in [0.4, 0.5) is 11.5 Å². The summed E-state index contributed by atoms with van der Waals surface area (Å²) in [7, 11) is 0. The Morgan fingerprint density at radius 2 is 1.87 bits per heavy atom. The van der Waals surface area contributed by atoms with E-state index in [9.17, 15) is 9.59 Å². The number of fused-ring (bicyclic) bond motifs is 2. The lowest BCUT2D eigenvalue weighted by Crippen LogP contribution is -2.37. The van der Waals surface area contributed by atoms with Crippen LogP contribution in [0, 0.1) is 0 Å². The minimum Gasteiger partial charge on any atom is -0.353 e. The number of anilines is 2. The summed E-state index contributed by atoms with van der Waals surface area (Å²) in [5, 5.41) is 3.01. The summed E-state index contributed by atoms with van der Waals surface area (Å²) in [4.78, 5) is 33.0. The third-order valence-corrected chi connectivity index (χ3v) is 5.97. The molecule has 0 spiro atoms. The number of nitrogens with one attached hydrogen (secondary N) is 1. The Hall–Kier alpha value is -3.15. The van der Waals surface area contributed by atoms with E-state index in [0.29, 0.717) is 29.9 Å². The lowest BCUT2D eigenvalue weighted by molar-refractivity contribution is -0.118. The molecule has 0 saturated heterocycles. The number of para-hydroxylation sites is 2. The van der Waals surface area contributed by atoms with Crippen LogP contribution in [0.5, 0.6) is 0 Å². The molecule has 30 heavy (non-hydrogen) atoms. The summed E-state index contributed by atoms with van der Waals surface area (Å²) < 4.78 is 1.57. The summed E-state index contributed by atoms with van der Waals surface area (Å²) in [5.74, 6) is 0.174. The minimum atomic E-state index is -0.673. The van der Waals surface area contributed by atoms with Crippen LogP contribution >= 0.6 is 0 Å². The number of amides is 1. The maximum absolute atomic E-state index is 13.4. The van der Waals surface area contributed by atoms with Crippen LogP contribution in [-0.4, -0.2) is 28.5 Å². The highest BCUT2D eigenvalue weighted by atomic mass is 16.2. The molecule has 1 aliphatic rings. The smallest absolute Gasteiger partial charge is 0.294 e. The Morgan fingerprint density at radius 3 is 2.63 bits per heavy atom. The first-order valence-electron chi connectivity index (χ1n) is 10.7. The fourth-order valence-corrected chi connectivity index (χ4v) is 4.27. The molecular formula is C24H28N4O2. The number of hydrogen-bond acceptors (Lipinski definition) is 4. The van der Waals surface area contributed by atoms with Gasteiger partial charge in [0.15, 0.2) is 5.82 Å². The number of carbonyl (C=O) groups is 1. The molecule has 6 heteroatoms. The third kappa shape index (κ3) is 3.58. The molecule has 156 valence electrons. The Balaban J connectivity index is 1.73. The van der Waals surface area contributed by atoms with E-state index in [1.807, 2.05) is 49.1 Å². The summed E-state index contributed by atoms with van der Waals surface area (Å²) in [6, 6.07) is 12.9. The topological polar surface area (TPSA) is 67.2 Å². The second-order valence-electron chi connectivity index (χ2n) is 7.77. The molecule has 0 unspecified atom stereocenters. The van der Waals surface area contributed by atoms with Crippen molar-refractivity contribution in [3.63, 3.8) is 0 Å². The largest absolute Gasteiger partial charge is 0.353 e. The van der Waals surface area contributed by atoms with Crippen LogP contribution in [0.1, 0.15) is 44.4 Å². The number of carbonyl (C=O) groups excluding carboxylic acids is 1. The average molecular weight is 405 g/mol. The zero-order valence-electron chi connectivity index (χ0n) is 17.8. The van der Waals surface area contributed by atoms with Crippen molar-refractivity contribution in [3.8, 4) is 0 Å². The van der Waals surface area contributed by atoms with Crippen LogP contribution in [0.3, 0.4) is 0 Å². The number of aromatic nitrogens is 2. The molecule has 0 fully saturated rings. The fourth-order valence-electron chi connectivity index (χ4n) is 4.27. The van der Waals surface area contributed by atoms with E-state index in [-0.39, 0.29) is 11.5 Å². The van der Waals surface area contributed by atoms with Crippen LogP contribution in [0.25, 0.3) is 11.0 Å². The first kappa shape index (κ1) is 20.1. The van der Waals surface area contributed by atoms with E-state index >= 15 is 0 Å². The molecule has 4 rings (SSSR count). The molecule has 1 amide bonds. The molecule has 1 N–H and O–H groups in total. The highest BCUT2D eigenvalue weighted by molar-refractivity contribution is 5.94. The summed E-state index contributed by atoms with van der Waals surface area (Å²) >= 11 is 0. The van der Waals surface area contributed by atoms with Gasteiger partial charge in [0, 0.05) is 18.8 Å². The number of rotatable bonds is 6. The maximum Gasteiger partial charge on any atom is 0.294 e. The fraction of sp³-hybridized carbons (Fsp3) is 0.375. The molecule has 0 radical (unpaired) electrons. The Morgan fingerprint density at radius 1 is 1.13 bits per heavy atom. The van der Waals surface area contributed by atoms with E-state index in [0.717, 1.165) is 24.9 Å². The highest BCUT2D eigenvalue weighted by Gasteiger charge is 2.23. The summed E-state index contributed by atoms with van der Waals surface area (Å²) in [6.45, 7) is 7.10. The van der Waals surface area contributed by atoms with Crippen molar-refractivity contribution in [1.29, 1.82) is 0 Å². The SMILES string of the molecule is CCN(CC)c1nc2ccccc2n([C@H](C)C(=O)Nc2ccc3c(c2)CCC3)c1=O. The van der Waals surface area contributed by atoms with Gasteiger partial charge in [0.25, 0.3) is 5.56 Å².